The van der Waals surface area contributed by atoms with Crippen LogP contribution in [0.3, 0.4) is 0 Å². The van der Waals surface area contributed by atoms with Crippen molar-refractivity contribution in [3.8, 4) is 5.75 Å². The quantitative estimate of drug-likeness (QED) is 0.195. The first-order chi connectivity index (χ1) is 15.3. The van der Waals surface area contributed by atoms with Crippen molar-refractivity contribution in [2.45, 2.75) is 13.2 Å². The smallest absolute Gasteiger partial charge is 0.434 e. The van der Waals surface area contributed by atoms with Crippen LogP contribution in [0.25, 0.3) is 0 Å². The Morgan fingerprint density at radius 2 is 1.88 bits per heavy atom. The topological polar surface area (TPSA) is 103 Å². The van der Waals surface area contributed by atoms with Crippen LogP contribution in [0.15, 0.2) is 24.4 Å². The van der Waals surface area contributed by atoms with Crippen molar-refractivity contribution in [2.75, 3.05) is 37.9 Å². The molecule has 0 unspecified atom stereocenters. The Morgan fingerprint density at radius 1 is 1.22 bits per heavy atom. The van der Waals surface area contributed by atoms with Gasteiger partial charge in [0, 0.05) is 37.9 Å². The molecule has 2 aromatic rings. The number of benzene rings is 1. The van der Waals surface area contributed by atoms with E-state index in [0.717, 1.165) is 0 Å². The van der Waals surface area contributed by atoms with Crippen LogP contribution in [-0.2, 0) is 29.4 Å². The minimum Gasteiger partial charge on any atom is -0.483 e. The number of nitro groups is 1. The van der Waals surface area contributed by atoms with Gasteiger partial charge >= 0.3 is 13.6 Å². The molecular weight excluding hydrogens is 487 g/mol. The van der Waals surface area contributed by atoms with E-state index in [1.54, 1.807) is 15.4 Å². The first-order valence-corrected chi connectivity index (χ1v) is 12.3. The fourth-order valence-electron chi connectivity index (χ4n) is 3.30. The molecule has 1 saturated heterocycles. The molecule has 0 amide bonds. The molecule has 0 N–H and O–H groups in total. The van der Waals surface area contributed by atoms with Crippen molar-refractivity contribution < 1.29 is 23.1 Å². The first kappa shape index (κ1) is 24.9. The number of halogens is 3. The first-order valence-electron chi connectivity index (χ1n) is 9.73. The predicted molar refractivity (Wildman–Crippen MR) is 118 cm³/mol. The number of ether oxygens (including phenoxy) is 1. The molecule has 10 nitrogen and oxygen atoms in total. The van der Waals surface area contributed by atoms with E-state index < -0.39 is 18.4 Å². The highest BCUT2D eigenvalue weighted by molar-refractivity contribution is 7.54. The van der Waals surface area contributed by atoms with Gasteiger partial charge in [-0.3, -0.25) is 4.57 Å². The monoisotopic (exact) mass is 509 g/mol. The summed E-state index contributed by atoms with van der Waals surface area (Å²) in [6, 6.07) is 4.27. The molecule has 176 valence electrons. The van der Waals surface area contributed by atoms with Crippen LogP contribution in [0.4, 0.5) is 10.3 Å². The van der Waals surface area contributed by atoms with Crippen molar-refractivity contribution in [2.24, 2.45) is 7.05 Å². The average molecular weight is 510 g/mol. The zero-order chi connectivity index (χ0) is 23.3. The van der Waals surface area contributed by atoms with E-state index in [9.17, 15) is 19.1 Å². The van der Waals surface area contributed by atoms with Crippen molar-refractivity contribution in [3.63, 3.8) is 0 Å². The van der Waals surface area contributed by atoms with Crippen molar-refractivity contribution in [3.05, 3.63) is 51.6 Å². The zero-order valence-electron chi connectivity index (χ0n) is 17.3. The van der Waals surface area contributed by atoms with Crippen LogP contribution in [0.1, 0.15) is 11.3 Å². The van der Waals surface area contributed by atoms with Crippen LogP contribution < -0.4 is 4.74 Å². The summed E-state index contributed by atoms with van der Waals surface area (Å²) in [6.45, 7) is 1.75. The molecule has 0 spiro atoms. The fraction of sp³-hybridized carbons (Fsp3) is 0.500. The van der Waals surface area contributed by atoms with Crippen LogP contribution in [0.2, 0.25) is 0 Å². The number of rotatable bonds is 11. The van der Waals surface area contributed by atoms with Gasteiger partial charge in [-0.15, -0.1) is 23.2 Å². The van der Waals surface area contributed by atoms with E-state index in [4.69, 9.17) is 32.5 Å². The SMILES string of the molecule is Cn1c(COc2ccc(COP3(=O)N(CCCl)CCN3CCCl)cc2F)cnc1[N+](=O)[O-]. The van der Waals surface area contributed by atoms with Crippen molar-refractivity contribution in [1.82, 2.24) is 18.9 Å². The maximum absolute atomic E-state index is 14.5. The van der Waals surface area contributed by atoms with Gasteiger partial charge in [-0.2, -0.15) is 0 Å². The highest BCUT2D eigenvalue weighted by atomic mass is 35.5. The predicted octanol–water partition coefficient (Wildman–Crippen LogP) is 3.77. The Morgan fingerprint density at radius 3 is 2.41 bits per heavy atom. The van der Waals surface area contributed by atoms with E-state index in [0.29, 0.717) is 49.2 Å². The number of aromatic nitrogens is 2. The van der Waals surface area contributed by atoms with Gasteiger partial charge in [0.05, 0.1) is 13.7 Å². The Kier molecular flexibility index (Phi) is 8.49. The van der Waals surface area contributed by atoms with Crippen LogP contribution in [0, 0.1) is 15.9 Å². The van der Waals surface area contributed by atoms with Gasteiger partial charge in [0.25, 0.3) is 0 Å². The maximum Gasteiger partial charge on any atom is 0.434 e. The number of hydrogen-bond donors (Lipinski definition) is 0. The summed E-state index contributed by atoms with van der Waals surface area (Å²) in [5, 5.41) is 10.9. The Bertz CT molecular complexity index is 992. The number of nitrogens with zero attached hydrogens (tertiary/aromatic N) is 5. The summed E-state index contributed by atoms with van der Waals surface area (Å²) in [5.74, 6) is -0.379. The van der Waals surface area contributed by atoms with E-state index in [1.165, 1.54) is 29.9 Å². The van der Waals surface area contributed by atoms with Crippen LogP contribution in [-0.4, -0.2) is 61.8 Å². The summed E-state index contributed by atoms with van der Waals surface area (Å²) >= 11 is 11.6. The second kappa shape index (κ2) is 10.9. The van der Waals surface area contributed by atoms with Gasteiger partial charge in [0.15, 0.2) is 17.3 Å². The molecule has 1 aliphatic rings. The normalized spacial score (nSPS) is 16.5. The van der Waals surface area contributed by atoms with Gasteiger partial charge in [0.2, 0.25) is 0 Å². The largest absolute Gasteiger partial charge is 0.483 e. The van der Waals surface area contributed by atoms with Gasteiger partial charge in [-0.1, -0.05) is 11.1 Å². The van der Waals surface area contributed by atoms with Crippen LogP contribution >= 0.6 is 30.9 Å². The molecule has 0 aliphatic carbocycles. The molecule has 1 fully saturated rings. The molecule has 32 heavy (non-hydrogen) atoms. The molecule has 3 rings (SSSR count). The van der Waals surface area contributed by atoms with E-state index in [2.05, 4.69) is 4.98 Å². The molecule has 0 saturated carbocycles. The minimum atomic E-state index is -3.30. The summed E-state index contributed by atoms with van der Waals surface area (Å²) in [4.78, 5) is 13.9. The number of imidazole rings is 1. The van der Waals surface area contributed by atoms with E-state index in [1.807, 2.05) is 0 Å². The number of hydrogen-bond acceptors (Lipinski definition) is 6. The molecule has 2 heterocycles. The Hall–Kier alpha value is -1.75. The molecular formula is C18H23Cl2FN5O5P. The lowest BCUT2D eigenvalue weighted by atomic mass is 10.2. The summed E-state index contributed by atoms with van der Waals surface area (Å²) < 4.78 is 43.9. The average Bonchev–Trinajstić information content (AvgIpc) is 3.27. The molecule has 1 aromatic carbocycles. The molecule has 1 aliphatic heterocycles. The maximum atomic E-state index is 14.5. The Labute approximate surface area is 194 Å². The number of alkyl halides is 2. The van der Waals surface area contributed by atoms with E-state index in [-0.39, 0.29) is 24.9 Å². The second-order valence-electron chi connectivity index (χ2n) is 6.97. The molecule has 0 radical (unpaired) electrons. The van der Waals surface area contributed by atoms with Crippen molar-refractivity contribution >= 4 is 36.8 Å². The molecule has 0 bridgehead atoms. The summed E-state index contributed by atoms with van der Waals surface area (Å²) in [5.41, 5.74) is 0.895. The minimum absolute atomic E-state index is 0.0300. The summed E-state index contributed by atoms with van der Waals surface area (Å²) in [6.07, 6.45) is 1.30. The van der Waals surface area contributed by atoms with Gasteiger partial charge in [-0.05, 0) is 22.6 Å². The van der Waals surface area contributed by atoms with Gasteiger partial charge < -0.3 is 19.4 Å². The van der Waals surface area contributed by atoms with Gasteiger partial charge in [0.1, 0.15) is 12.8 Å². The lowest BCUT2D eigenvalue weighted by molar-refractivity contribution is -0.396. The second-order valence-corrected chi connectivity index (χ2v) is 10.1. The lowest BCUT2D eigenvalue weighted by Crippen LogP contribution is -2.24. The highest BCUT2D eigenvalue weighted by Gasteiger charge is 2.43. The Balaban J connectivity index is 1.64. The lowest BCUT2D eigenvalue weighted by Gasteiger charge is -2.28. The highest BCUT2D eigenvalue weighted by Crippen LogP contribution is 2.58. The third-order valence-corrected chi connectivity index (χ3v) is 8.04. The molecule has 14 heteroatoms. The molecule has 1 aromatic heterocycles. The zero-order valence-corrected chi connectivity index (χ0v) is 19.7. The third kappa shape index (κ3) is 5.41. The third-order valence-electron chi connectivity index (χ3n) is 5.01. The standard InChI is InChI=1S/C18H23Cl2FN5O5P/c1-23-15(11-22-18(23)26(27)28)13-30-17-3-2-14(10-16(17)21)12-31-32(29)24(6-4-19)8-9-25(32)7-5-20/h2-3,10-11H,4-9,12-13H2,1H3. The molecule has 0 atom stereocenters. The van der Waals surface area contributed by atoms with Gasteiger partial charge in [-0.25, -0.2) is 18.3 Å². The van der Waals surface area contributed by atoms with Crippen LogP contribution in [0.5, 0.6) is 5.75 Å². The van der Waals surface area contributed by atoms with Crippen molar-refractivity contribution in [1.29, 1.82) is 0 Å². The fourth-order valence-corrected chi connectivity index (χ4v) is 6.33. The summed E-state index contributed by atoms with van der Waals surface area (Å²) in [7, 11) is -1.82. The van der Waals surface area contributed by atoms with E-state index >= 15 is 0 Å².